The number of benzene rings is 1. The van der Waals surface area contributed by atoms with E-state index in [1.165, 1.54) is 6.08 Å². The molecule has 0 spiro atoms. The van der Waals surface area contributed by atoms with Gasteiger partial charge in [0, 0.05) is 19.6 Å². The minimum atomic E-state index is -0.109. The monoisotopic (exact) mass is 269 g/mol. The lowest BCUT2D eigenvalue weighted by Gasteiger charge is -2.34. The first-order valence-corrected chi connectivity index (χ1v) is 6.89. The Labute approximate surface area is 119 Å². The third-order valence-electron chi connectivity index (χ3n) is 3.73. The van der Waals surface area contributed by atoms with Crippen LogP contribution in [0, 0.1) is 17.2 Å². The number of anilines is 1. The van der Waals surface area contributed by atoms with Gasteiger partial charge < -0.3 is 10.2 Å². The zero-order valence-corrected chi connectivity index (χ0v) is 11.5. The number of nitrogens with zero attached hydrogens (tertiary/aromatic N) is 2. The number of amides is 1. The van der Waals surface area contributed by atoms with Crippen molar-refractivity contribution in [2.45, 2.75) is 12.8 Å². The van der Waals surface area contributed by atoms with Crippen LogP contribution in [0.3, 0.4) is 0 Å². The zero-order chi connectivity index (χ0) is 14.4. The van der Waals surface area contributed by atoms with Gasteiger partial charge in [-0.1, -0.05) is 18.7 Å². The topological polar surface area (TPSA) is 56.1 Å². The normalized spacial score (nSPS) is 15.4. The molecule has 0 bridgehead atoms. The van der Waals surface area contributed by atoms with Gasteiger partial charge in [-0.2, -0.15) is 5.26 Å². The van der Waals surface area contributed by atoms with E-state index in [0.29, 0.717) is 12.5 Å². The molecule has 1 N–H and O–H groups in total. The number of nitriles is 1. The van der Waals surface area contributed by atoms with Crippen LogP contribution in [0.4, 0.5) is 5.69 Å². The van der Waals surface area contributed by atoms with E-state index >= 15 is 0 Å². The molecule has 4 heteroatoms. The summed E-state index contributed by atoms with van der Waals surface area (Å²) < 4.78 is 0. The van der Waals surface area contributed by atoms with Crippen molar-refractivity contribution in [3.05, 3.63) is 42.5 Å². The Morgan fingerprint density at radius 2 is 2.15 bits per heavy atom. The van der Waals surface area contributed by atoms with Crippen molar-refractivity contribution >= 4 is 11.6 Å². The minimum Gasteiger partial charge on any atom is -0.370 e. The van der Waals surface area contributed by atoms with Crippen LogP contribution in [0.1, 0.15) is 18.4 Å². The van der Waals surface area contributed by atoms with Gasteiger partial charge in [-0.15, -0.1) is 0 Å². The maximum absolute atomic E-state index is 11.1. The number of carbonyl (C=O) groups is 1. The molecule has 0 atom stereocenters. The predicted octanol–water partition coefficient (Wildman–Crippen LogP) is 2.08. The summed E-state index contributed by atoms with van der Waals surface area (Å²) in [4.78, 5) is 13.4. The van der Waals surface area contributed by atoms with Crippen LogP contribution < -0.4 is 10.2 Å². The second kappa shape index (κ2) is 6.76. The quantitative estimate of drug-likeness (QED) is 0.851. The molecular weight excluding hydrogens is 250 g/mol. The van der Waals surface area contributed by atoms with Crippen molar-refractivity contribution in [1.82, 2.24) is 5.32 Å². The average molecular weight is 269 g/mol. The summed E-state index contributed by atoms with van der Waals surface area (Å²) >= 11 is 0. The van der Waals surface area contributed by atoms with Gasteiger partial charge in [0.2, 0.25) is 5.91 Å². The molecule has 104 valence electrons. The van der Waals surface area contributed by atoms with Gasteiger partial charge in [0.15, 0.2) is 0 Å². The Balaban J connectivity index is 1.90. The molecule has 4 nitrogen and oxygen atoms in total. The third kappa shape index (κ3) is 3.39. The number of nitrogens with one attached hydrogen (secondary N) is 1. The van der Waals surface area contributed by atoms with Gasteiger partial charge in [0.05, 0.1) is 11.3 Å². The van der Waals surface area contributed by atoms with Crippen molar-refractivity contribution in [1.29, 1.82) is 5.26 Å². The van der Waals surface area contributed by atoms with E-state index in [0.717, 1.165) is 37.2 Å². The van der Waals surface area contributed by atoms with Gasteiger partial charge >= 0.3 is 0 Å². The fraction of sp³-hybridized carbons (Fsp3) is 0.375. The number of hydrogen-bond donors (Lipinski definition) is 1. The summed E-state index contributed by atoms with van der Waals surface area (Å²) in [6, 6.07) is 9.95. The highest BCUT2D eigenvalue weighted by Crippen LogP contribution is 2.25. The first kappa shape index (κ1) is 14.1. The number of carbonyl (C=O) groups excluding carboxylic acids is 1. The van der Waals surface area contributed by atoms with Crippen LogP contribution in [-0.4, -0.2) is 25.5 Å². The van der Waals surface area contributed by atoms with Crippen LogP contribution in [0.15, 0.2) is 36.9 Å². The molecular formula is C16H19N3O. The molecule has 1 aromatic rings. The fourth-order valence-electron chi connectivity index (χ4n) is 2.54. The Bertz CT molecular complexity index is 525. The van der Waals surface area contributed by atoms with E-state index in [1.807, 2.05) is 24.3 Å². The summed E-state index contributed by atoms with van der Waals surface area (Å²) in [5.74, 6) is 0.395. The smallest absolute Gasteiger partial charge is 0.243 e. The van der Waals surface area contributed by atoms with Crippen LogP contribution in [0.2, 0.25) is 0 Å². The van der Waals surface area contributed by atoms with E-state index < -0.39 is 0 Å². The third-order valence-corrected chi connectivity index (χ3v) is 3.73. The molecule has 1 fully saturated rings. The summed E-state index contributed by atoms with van der Waals surface area (Å²) in [6.07, 6.45) is 3.35. The van der Waals surface area contributed by atoms with Crippen LogP contribution >= 0.6 is 0 Å². The van der Waals surface area contributed by atoms with E-state index in [4.69, 9.17) is 5.26 Å². The lowest BCUT2D eigenvalue weighted by Crippen LogP contribution is -2.38. The van der Waals surface area contributed by atoms with E-state index in [2.05, 4.69) is 22.9 Å². The first-order valence-electron chi connectivity index (χ1n) is 6.89. The molecule has 0 unspecified atom stereocenters. The van der Waals surface area contributed by atoms with Crippen molar-refractivity contribution in [2.75, 3.05) is 24.5 Å². The van der Waals surface area contributed by atoms with Crippen molar-refractivity contribution < 1.29 is 4.79 Å². The molecule has 1 heterocycles. The lowest BCUT2D eigenvalue weighted by molar-refractivity contribution is -0.116. The summed E-state index contributed by atoms with van der Waals surface area (Å²) in [6.45, 7) is 6.00. The molecule has 1 aromatic carbocycles. The maximum atomic E-state index is 11.1. The highest BCUT2D eigenvalue weighted by Gasteiger charge is 2.21. The van der Waals surface area contributed by atoms with Gasteiger partial charge in [-0.05, 0) is 37.0 Å². The second-order valence-corrected chi connectivity index (χ2v) is 5.01. The van der Waals surface area contributed by atoms with Crippen LogP contribution in [0.5, 0.6) is 0 Å². The Morgan fingerprint density at radius 3 is 2.80 bits per heavy atom. The van der Waals surface area contributed by atoms with Crippen molar-refractivity contribution in [3.63, 3.8) is 0 Å². The van der Waals surface area contributed by atoms with Crippen molar-refractivity contribution in [2.24, 2.45) is 5.92 Å². The molecule has 20 heavy (non-hydrogen) atoms. The molecule has 0 aliphatic carbocycles. The van der Waals surface area contributed by atoms with Gasteiger partial charge in [0.25, 0.3) is 0 Å². The first-order chi connectivity index (χ1) is 9.74. The number of para-hydroxylation sites is 1. The van der Waals surface area contributed by atoms with Gasteiger partial charge in [-0.3, -0.25) is 4.79 Å². The molecule has 0 saturated carbocycles. The molecule has 1 saturated heterocycles. The summed E-state index contributed by atoms with van der Waals surface area (Å²) in [7, 11) is 0. The zero-order valence-electron chi connectivity index (χ0n) is 11.5. The number of piperidine rings is 1. The minimum absolute atomic E-state index is 0.109. The highest BCUT2D eigenvalue weighted by molar-refractivity contribution is 5.86. The van der Waals surface area contributed by atoms with E-state index in [1.54, 1.807) is 0 Å². The molecule has 1 amide bonds. The van der Waals surface area contributed by atoms with E-state index in [-0.39, 0.29) is 5.91 Å². The van der Waals surface area contributed by atoms with Gasteiger partial charge in [0.1, 0.15) is 6.07 Å². The molecule has 1 aliphatic heterocycles. The van der Waals surface area contributed by atoms with E-state index in [9.17, 15) is 4.79 Å². The van der Waals surface area contributed by atoms with Gasteiger partial charge in [-0.25, -0.2) is 0 Å². The lowest BCUT2D eigenvalue weighted by atomic mass is 9.96. The Morgan fingerprint density at radius 1 is 1.45 bits per heavy atom. The SMILES string of the molecule is C=CC(=O)NCC1CCN(c2ccccc2C#N)CC1. The largest absolute Gasteiger partial charge is 0.370 e. The fourth-order valence-corrected chi connectivity index (χ4v) is 2.54. The second-order valence-electron chi connectivity index (χ2n) is 5.01. The number of hydrogen-bond acceptors (Lipinski definition) is 3. The Hall–Kier alpha value is -2.28. The number of rotatable bonds is 4. The van der Waals surface area contributed by atoms with Crippen LogP contribution in [0.25, 0.3) is 0 Å². The van der Waals surface area contributed by atoms with Crippen LogP contribution in [-0.2, 0) is 4.79 Å². The molecule has 0 radical (unpaired) electrons. The maximum Gasteiger partial charge on any atom is 0.243 e. The summed E-state index contributed by atoms with van der Waals surface area (Å²) in [5, 5.41) is 12.0. The standard InChI is InChI=1S/C16H19N3O/c1-2-16(20)18-12-13-7-9-19(10-8-13)15-6-4-3-5-14(15)11-17/h2-6,13H,1,7-10,12H2,(H,18,20). The highest BCUT2D eigenvalue weighted by atomic mass is 16.1. The molecule has 1 aliphatic rings. The van der Waals surface area contributed by atoms with Crippen molar-refractivity contribution in [3.8, 4) is 6.07 Å². The average Bonchev–Trinajstić information content (AvgIpc) is 2.53. The predicted molar refractivity (Wildman–Crippen MR) is 79.3 cm³/mol. The molecule has 2 rings (SSSR count). The Kier molecular flexibility index (Phi) is 4.78. The summed E-state index contributed by atoms with van der Waals surface area (Å²) in [5.41, 5.74) is 1.74. The molecule has 0 aromatic heterocycles.